The van der Waals surface area contributed by atoms with Crippen molar-refractivity contribution < 1.29 is 9.53 Å². The van der Waals surface area contributed by atoms with E-state index in [4.69, 9.17) is 27.9 Å². The molecule has 0 unspecified atom stereocenters. The highest BCUT2D eigenvalue weighted by Gasteiger charge is 2.19. The summed E-state index contributed by atoms with van der Waals surface area (Å²) in [7, 11) is 0. The maximum atomic E-state index is 13.2. The summed E-state index contributed by atoms with van der Waals surface area (Å²) < 4.78 is 7.04. The number of benzene rings is 2. The Labute approximate surface area is 202 Å². The lowest BCUT2D eigenvalue weighted by Crippen LogP contribution is -2.46. The molecule has 1 fully saturated rings. The van der Waals surface area contributed by atoms with Gasteiger partial charge in [0.25, 0.3) is 5.91 Å². The van der Waals surface area contributed by atoms with Crippen molar-refractivity contribution >= 4 is 29.1 Å². The second-order valence-electron chi connectivity index (χ2n) is 8.04. The van der Waals surface area contributed by atoms with Crippen LogP contribution in [0.5, 0.6) is 0 Å². The molecule has 10 heteroatoms. The van der Waals surface area contributed by atoms with Crippen LogP contribution < -0.4 is 5.32 Å². The number of carbonyl (C=O) groups is 1. The number of nitrogens with one attached hydrogen (secondary N) is 1. The molecule has 4 rings (SSSR count). The Balaban J connectivity index is 1.66. The van der Waals surface area contributed by atoms with Crippen molar-refractivity contribution in [2.45, 2.75) is 26.3 Å². The van der Waals surface area contributed by atoms with E-state index in [9.17, 15) is 4.79 Å². The number of hydrogen-bond donors (Lipinski definition) is 1. The molecule has 33 heavy (non-hydrogen) atoms. The zero-order valence-corrected chi connectivity index (χ0v) is 20.1. The van der Waals surface area contributed by atoms with E-state index in [1.165, 1.54) is 0 Å². The van der Waals surface area contributed by atoms with Gasteiger partial charge in [0.2, 0.25) is 0 Å². The van der Waals surface area contributed by atoms with Gasteiger partial charge in [-0.05, 0) is 53.2 Å². The van der Waals surface area contributed by atoms with Crippen molar-refractivity contribution in [3.63, 3.8) is 0 Å². The van der Waals surface area contributed by atoms with E-state index in [-0.39, 0.29) is 11.9 Å². The zero-order valence-electron chi connectivity index (χ0n) is 18.6. The zero-order chi connectivity index (χ0) is 23.4. The van der Waals surface area contributed by atoms with Gasteiger partial charge in [0.1, 0.15) is 0 Å². The molecule has 1 saturated heterocycles. The normalized spacial score (nSPS) is 15.4. The lowest BCUT2D eigenvalue weighted by molar-refractivity contribution is 0.0342. The highest BCUT2D eigenvalue weighted by molar-refractivity contribution is 6.36. The SMILES string of the molecule is CCc1nnnn1-c1cc(C(=O)N[C@H](C)CN2CCOCC2)cc(-c2ccc(Cl)cc2Cl)c1. The van der Waals surface area contributed by atoms with E-state index in [0.717, 1.165) is 44.0 Å². The number of halogens is 2. The van der Waals surface area contributed by atoms with Crippen LogP contribution in [0.4, 0.5) is 0 Å². The van der Waals surface area contributed by atoms with Crippen LogP contribution in [0.25, 0.3) is 16.8 Å². The molecule has 3 aromatic rings. The van der Waals surface area contributed by atoms with Gasteiger partial charge in [0.05, 0.1) is 18.9 Å². The van der Waals surface area contributed by atoms with Gasteiger partial charge in [-0.15, -0.1) is 5.10 Å². The van der Waals surface area contributed by atoms with Gasteiger partial charge >= 0.3 is 0 Å². The summed E-state index contributed by atoms with van der Waals surface area (Å²) in [5.41, 5.74) is 2.73. The fraction of sp³-hybridized carbons (Fsp3) is 0.391. The minimum atomic E-state index is -0.171. The summed E-state index contributed by atoms with van der Waals surface area (Å²) in [4.78, 5) is 15.5. The number of morpholine rings is 1. The first-order valence-corrected chi connectivity index (χ1v) is 11.7. The Morgan fingerprint density at radius 1 is 1.18 bits per heavy atom. The minimum Gasteiger partial charge on any atom is -0.379 e. The number of aryl methyl sites for hydroxylation is 1. The highest BCUT2D eigenvalue weighted by Crippen LogP contribution is 2.32. The third kappa shape index (κ3) is 5.70. The molecule has 0 bridgehead atoms. The number of hydrogen-bond acceptors (Lipinski definition) is 6. The molecule has 1 aliphatic rings. The molecule has 0 radical (unpaired) electrons. The predicted octanol–water partition coefficient (Wildman–Crippen LogP) is 3.65. The summed E-state index contributed by atoms with van der Waals surface area (Å²) >= 11 is 12.6. The number of aromatic nitrogens is 4. The summed E-state index contributed by atoms with van der Waals surface area (Å²) in [6.45, 7) is 7.92. The van der Waals surface area contributed by atoms with Crippen molar-refractivity contribution in [2.24, 2.45) is 0 Å². The Kier molecular flexibility index (Phi) is 7.60. The van der Waals surface area contributed by atoms with Crippen LogP contribution in [0.2, 0.25) is 10.0 Å². The molecule has 2 heterocycles. The van der Waals surface area contributed by atoms with Crippen LogP contribution in [-0.2, 0) is 11.2 Å². The predicted molar refractivity (Wildman–Crippen MR) is 128 cm³/mol. The van der Waals surface area contributed by atoms with E-state index in [0.29, 0.717) is 33.5 Å². The van der Waals surface area contributed by atoms with E-state index in [1.807, 2.05) is 32.0 Å². The summed E-state index contributed by atoms with van der Waals surface area (Å²) in [6, 6.07) is 10.8. The quantitative estimate of drug-likeness (QED) is 0.546. The summed E-state index contributed by atoms with van der Waals surface area (Å²) in [5.74, 6) is 0.525. The molecular formula is C23H26Cl2N6O2. The molecule has 1 N–H and O–H groups in total. The Morgan fingerprint density at radius 3 is 2.70 bits per heavy atom. The molecular weight excluding hydrogens is 463 g/mol. The van der Waals surface area contributed by atoms with Gasteiger partial charge in [-0.25, -0.2) is 0 Å². The van der Waals surface area contributed by atoms with Gasteiger partial charge in [0, 0.05) is 53.3 Å². The summed E-state index contributed by atoms with van der Waals surface area (Å²) in [5, 5.41) is 16.1. The third-order valence-corrected chi connectivity index (χ3v) is 6.08. The number of carbonyl (C=O) groups excluding carboxylic acids is 1. The molecule has 1 atom stereocenters. The van der Waals surface area contributed by atoms with Crippen molar-refractivity contribution in [1.29, 1.82) is 0 Å². The van der Waals surface area contributed by atoms with E-state index in [2.05, 4.69) is 25.7 Å². The first kappa shape index (κ1) is 23.6. The molecule has 174 valence electrons. The van der Waals surface area contributed by atoms with Gasteiger partial charge in [0.15, 0.2) is 5.82 Å². The number of ether oxygens (including phenoxy) is 1. The van der Waals surface area contributed by atoms with E-state index < -0.39 is 0 Å². The Hall–Kier alpha value is -2.52. The van der Waals surface area contributed by atoms with Crippen LogP contribution in [0.1, 0.15) is 30.0 Å². The van der Waals surface area contributed by atoms with Gasteiger partial charge < -0.3 is 10.1 Å². The average Bonchev–Trinajstić information content (AvgIpc) is 3.28. The molecule has 2 aromatic carbocycles. The van der Waals surface area contributed by atoms with Gasteiger partial charge in [-0.3, -0.25) is 9.69 Å². The molecule has 1 amide bonds. The average molecular weight is 489 g/mol. The number of rotatable bonds is 7. The number of nitrogens with zero attached hydrogens (tertiary/aromatic N) is 5. The van der Waals surface area contributed by atoms with Crippen LogP contribution >= 0.6 is 23.2 Å². The first-order valence-electron chi connectivity index (χ1n) is 10.9. The van der Waals surface area contributed by atoms with E-state index >= 15 is 0 Å². The molecule has 1 aromatic heterocycles. The fourth-order valence-electron chi connectivity index (χ4n) is 3.89. The van der Waals surface area contributed by atoms with E-state index in [1.54, 1.807) is 22.9 Å². The molecule has 8 nitrogen and oxygen atoms in total. The first-order chi connectivity index (χ1) is 15.9. The minimum absolute atomic E-state index is 0.0268. The summed E-state index contributed by atoms with van der Waals surface area (Å²) in [6.07, 6.45) is 0.650. The smallest absolute Gasteiger partial charge is 0.251 e. The second-order valence-corrected chi connectivity index (χ2v) is 8.88. The molecule has 0 spiro atoms. The second kappa shape index (κ2) is 10.6. The highest BCUT2D eigenvalue weighted by atomic mass is 35.5. The van der Waals surface area contributed by atoms with Crippen molar-refractivity contribution in [3.8, 4) is 16.8 Å². The Bertz CT molecular complexity index is 1130. The fourth-order valence-corrected chi connectivity index (χ4v) is 4.41. The molecule has 0 saturated carbocycles. The lowest BCUT2D eigenvalue weighted by atomic mass is 10.0. The topological polar surface area (TPSA) is 85.2 Å². The maximum Gasteiger partial charge on any atom is 0.251 e. The monoisotopic (exact) mass is 488 g/mol. The Morgan fingerprint density at radius 2 is 1.97 bits per heavy atom. The van der Waals surface area contributed by atoms with Crippen molar-refractivity contribution in [3.05, 3.63) is 57.8 Å². The molecule has 1 aliphatic heterocycles. The van der Waals surface area contributed by atoms with Crippen molar-refractivity contribution in [1.82, 2.24) is 30.4 Å². The molecule has 0 aliphatic carbocycles. The number of amides is 1. The van der Waals surface area contributed by atoms with Gasteiger partial charge in [-0.2, -0.15) is 4.68 Å². The van der Waals surface area contributed by atoms with Crippen LogP contribution in [0.15, 0.2) is 36.4 Å². The lowest BCUT2D eigenvalue weighted by Gasteiger charge is -2.29. The van der Waals surface area contributed by atoms with Crippen LogP contribution in [-0.4, -0.2) is 69.9 Å². The van der Waals surface area contributed by atoms with Gasteiger partial charge in [-0.1, -0.05) is 36.2 Å². The van der Waals surface area contributed by atoms with Crippen molar-refractivity contribution in [2.75, 3.05) is 32.8 Å². The largest absolute Gasteiger partial charge is 0.379 e. The third-order valence-electron chi connectivity index (χ3n) is 5.53. The van der Waals surface area contributed by atoms with Crippen LogP contribution in [0.3, 0.4) is 0 Å². The standard InChI is InChI=1S/C23H26Cl2N6O2/c1-3-22-27-28-29-31(22)19-11-16(20-5-4-18(24)13-21(20)25)10-17(12-19)23(32)26-15(2)14-30-6-8-33-9-7-30/h4-5,10-13,15H,3,6-9,14H2,1-2H3,(H,26,32)/t15-/m1/s1. The number of tetrazole rings is 1. The maximum absolute atomic E-state index is 13.2. The van der Waals surface area contributed by atoms with Crippen LogP contribution in [0, 0.1) is 0 Å².